The largest absolute Gasteiger partial charge is 0.497 e. The van der Waals surface area contributed by atoms with Crippen molar-refractivity contribution in [3.8, 4) is 11.5 Å². The molecule has 0 saturated carbocycles. The van der Waals surface area contributed by atoms with Crippen molar-refractivity contribution in [2.45, 2.75) is 36.6 Å². The number of hydrogen-bond donors (Lipinski definition) is 0. The van der Waals surface area contributed by atoms with E-state index in [4.69, 9.17) is 14.2 Å². The van der Waals surface area contributed by atoms with Gasteiger partial charge in [-0.15, -0.1) is 4.40 Å². The Morgan fingerprint density at radius 1 is 1.09 bits per heavy atom. The molecule has 2 aromatic rings. The molecule has 32 heavy (non-hydrogen) atoms. The van der Waals surface area contributed by atoms with Crippen LogP contribution in [0.15, 0.2) is 51.8 Å². The first-order chi connectivity index (χ1) is 15.4. The molecule has 2 heterocycles. The van der Waals surface area contributed by atoms with E-state index in [2.05, 4.69) is 9.30 Å². The van der Waals surface area contributed by atoms with Crippen molar-refractivity contribution in [3.05, 3.63) is 53.6 Å². The minimum Gasteiger partial charge on any atom is -0.497 e. The maximum Gasteiger partial charge on any atom is 0.338 e. The first-order valence-corrected chi connectivity index (χ1v) is 12.0. The average molecular weight is 459 g/mol. The van der Waals surface area contributed by atoms with Crippen LogP contribution in [0.5, 0.6) is 11.5 Å². The second-order valence-electron chi connectivity index (χ2n) is 7.76. The number of methoxy groups -OCH3 is 2. The van der Waals surface area contributed by atoms with Gasteiger partial charge < -0.3 is 19.1 Å². The summed E-state index contributed by atoms with van der Waals surface area (Å²) in [6.07, 6.45) is 3.45. The number of benzene rings is 2. The van der Waals surface area contributed by atoms with Crippen LogP contribution in [-0.2, 0) is 14.8 Å². The third kappa shape index (κ3) is 4.43. The van der Waals surface area contributed by atoms with Gasteiger partial charge in [0.15, 0.2) is 5.84 Å². The minimum atomic E-state index is -3.67. The lowest BCUT2D eigenvalue weighted by molar-refractivity contribution is 0.0465. The fourth-order valence-electron chi connectivity index (χ4n) is 4.17. The van der Waals surface area contributed by atoms with Gasteiger partial charge in [-0.3, -0.25) is 0 Å². The summed E-state index contributed by atoms with van der Waals surface area (Å²) < 4.78 is 44.9. The zero-order valence-corrected chi connectivity index (χ0v) is 18.9. The summed E-state index contributed by atoms with van der Waals surface area (Å²) in [6, 6.07) is 11.8. The number of amidine groups is 1. The van der Waals surface area contributed by atoms with Crippen molar-refractivity contribution in [1.29, 1.82) is 0 Å². The maximum atomic E-state index is 12.6. The van der Waals surface area contributed by atoms with Crippen molar-refractivity contribution in [2.24, 2.45) is 4.40 Å². The number of hydrogen-bond acceptors (Lipinski definition) is 7. The van der Waals surface area contributed by atoms with Crippen LogP contribution in [0.4, 0.5) is 0 Å². The minimum absolute atomic E-state index is 0.0384. The number of rotatable bonds is 6. The number of carbonyl (C=O) groups is 1. The van der Waals surface area contributed by atoms with E-state index in [0.29, 0.717) is 41.4 Å². The second-order valence-corrected chi connectivity index (χ2v) is 9.33. The van der Waals surface area contributed by atoms with Gasteiger partial charge in [0.25, 0.3) is 10.0 Å². The summed E-state index contributed by atoms with van der Waals surface area (Å²) >= 11 is 0. The lowest BCUT2D eigenvalue weighted by atomic mass is 9.98. The van der Waals surface area contributed by atoms with Crippen molar-refractivity contribution in [3.63, 3.8) is 0 Å². The van der Waals surface area contributed by atoms with Crippen molar-refractivity contribution >= 4 is 21.8 Å². The Morgan fingerprint density at radius 3 is 2.53 bits per heavy atom. The number of carbonyl (C=O) groups excluding carboxylic acids is 1. The van der Waals surface area contributed by atoms with Gasteiger partial charge in [0.2, 0.25) is 0 Å². The Bertz CT molecular complexity index is 1120. The molecule has 170 valence electrons. The van der Waals surface area contributed by atoms with Crippen LogP contribution in [0.2, 0.25) is 0 Å². The summed E-state index contributed by atoms with van der Waals surface area (Å²) in [5, 5.41) is 0. The topological polar surface area (TPSA) is 94.5 Å². The van der Waals surface area contributed by atoms with E-state index in [1.165, 1.54) is 14.2 Å². The monoisotopic (exact) mass is 458 g/mol. The van der Waals surface area contributed by atoms with E-state index in [1.807, 2.05) is 6.07 Å². The molecule has 0 aromatic heterocycles. The highest BCUT2D eigenvalue weighted by Gasteiger charge is 2.35. The van der Waals surface area contributed by atoms with Crippen LogP contribution in [0.25, 0.3) is 0 Å². The Morgan fingerprint density at radius 2 is 1.81 bits per heavy atom. The third-order valence-corrected chi connectivity index (χ3v) is 7.11. The summed E-state index contributed by atoms with van der Waals surface area (Å²) in [7, 11) is -0.635. The van der Waals surface area contributed by atoms with Gasteiger partial charge in [-0.25, -0.2) is 4.79 Å². The molecular formula is C23H26N2O6S. The molecule has 2 aliphatic heterocycles. The van der Waals surface area contributed by atoms with Crippen LogP contribution in [-0.4, -0.2) is 58.5 Å². The van der Waals surface area contributed by atoms with Crippen LogP contribution in [0.1, 0.15) is 41.6 Å². The number of nitrogens with zero attached hydrogens (tertiary/aromatic N) is 2. The van der Waals surface area contributed by atoms with Gasteiger partial charge in [0, 0.05) is 30.6 Å². The molecule has 2 aromatic carbocycles. The maximum absolute atomic E-state index is 12.6. The zero-order chi connectivity index (χ0) is 22.7. The van der Waals surface area contributed by atoms with Crippen molar-refractivity contribution < 1.29 is 27.4 Å². The van der Waals surface area contributed by atoms with Crippen LogP contribution in [0, 0.1) is 0 Å². The van der Waals surface area contributed by atoms with E-state index < -0.39 is 16.0 Å². The predicted octanol–water partition coefficient (Wildman–Crippen LogP) is 3.25. The number of ether oxygens (including phenoxy) is 3. The Hall–Kier alpha value is -3.07. The molecule has 1 unspecified atom stereocenters. The average Bonchev–Trinajstić information content (AvgIpc) is 3.09. The summed E-state index contributed by atoms with van der Waals surface area (Å²) in [5.74, 6) is 1.05. The van der Waals surface area contributed by atoms with Gasteiger partial charge in [-0.05, 0) is 43.5 Å². The van der Waals surface area contributed by atoms with E-state index in [0.717, 1.165) is 19.3 Å². The molecule has 1 atom stereocenters. The van der Waals surface area contributed by atoms with Crippen LogP contribution >= 0.6 is 0 Å². The molecule has 0 N–H and O–H groups in total. The first-order valence-electron chi connectivity index (χ1n) is 10.5. The quantitative estimate of drug-likeness (QED) is 0.613. The molecule has 0 amide bonds. The normalized spacial score (nSPS) is 19.1. The molecule has 1 fully saturated rings. The standard InChI is InChI=1S/C23H26N2O6S/c1-29-18-13-16(14-19(15-18)30-2)23(26)31-12-10-17-7-5-6-11-25(17)22-20-8-3-4-9-21(20)32(27,28)24-22/h3-4,8-9,13-15,17H,5-7,10-12H2,1-2H3. The van der Waals surface area contributed by atoms with Gasteiger partial charge in [-0.1, -0.05) is 12.1 Å². The summed E-state index contributed by atoms with van der Waals surface area (Å²) in [6.45, 7) is 0.926. The molecule has 0 radical (unpaired) electrons. The SMILES string of the molecule is COc1cc(OC)cc(C(=O)OCCC2CCCCN2C2=NS(=O)(=O)c3ccccc32)c1. The molecule has 1 saturated heterocycles. The Balaban J connectivity index is 1.45. The number of esters is 1. The Labute approximate surface area is 187 Å². The lowest BCUT2D eigenvalue weighted by Gasteiger charge is -2.37. The highest BCUT2D eigenvalue weighted by molar-refractivity contribution is 7.90. The second kappa shape index (κ2) is 9.20. The molecular weight excluding hydrogens is 432 g/mol. The highest BCUT2D eigenvalue weighted by Crippen LogP contribution is 2.31. The fourth-order valence-corrected chi connectivity index (χ4v) is 5.39. The molecule has 0 spiro atoms. The molecule has 0 aliphatic carbocycles. The summed E-state index contributed by atoms with van der Waals surface area (Å²) in [5.41, 5.74) is 0.988. The Kier molecular flexibility index (Phi) is 6.36. The highest BCUT2D eigenvalue weighted by atomic mass is 32.2. The van der Waals surface area contributed by atoms with E-state index in [9.17, 15) is 13.2 Å². The number of fused-ring (bicyclic) bond motifs is 1. The lowest BCUT2D eigenvalue weighted by Crippen LogP contribution is -2.44. The first kappa shape index (κ1) is 22.1. The summed E-state index contributed by atoms with van der Waals surface area (Å²) in [4.78, 5) is 14.9. The van der Waals surface area contributed by atoms with E-state index in [-0.39, 0.29) is 17.5 Å². The van der Waals surface area contributed by atoms with Gasteiger partial charge in [0.1, 0.15) is 16.4 Å². The van der Waals surface area contributed by atoms with E-state index in [1.54, 1.807) is 36.4 Å². The molecule has 2 aliphatic rings. The molecule has 8 nitrogen and oxygen atoms in total. The van der Waals surface area contributed by atoms with Gasteiger partial charge >= 0.3 is 5.97 Å². The zero-order valence-electron chi connectivity index (χ0n) is 18.1. The van der Waals surface area contributed by atoms with Crippen LogP contribution in [0.3, 0.4) is 0 Å². The number of likely N-dealkylation sites (tertiary alicyclic amines) is 1. The number of sulfonamides is 1. The third-order valence-electron chi connectivity index (χ3n) is 5.78. The van der Waals surface area contributed by atoms with Gasteiger partial charge in [0.05, 0.1) is 26.4 Å². The van der Waals surface area contributed by atoms with Crippen molar-refractivity contribution in [2.75, 3.05) is 27.4 Å². The fraction of sp³-hybridized carbons (Fsp3) is 0.391. The van der Waals surface area contributed by atoms with E-state index >= 15 is 0 Å². The molecule has 9 heteroatoms. The predicted molar refractivity (Wildman–Crippen MR) is 119 cm³/mol. The van der Waals surface area contributed by atoms with Crippen LogP contribution < -0.4 is 9.47 Å². The van der Waals surface area contributed by atoms with Gasteiger partial charge in [-0.2, -0.15) is 8.42 Å². The smallest absolute Gasteiger partial charge is 0.338 e. The van der Waals surface area contributed by atoms with Crippen molar-refractivity contribution in [1.82, 2.24) is 4.90 Å². The number of piperidine rings is 1. The molecule has 4 rings (SSSR count). The molecule has 0 bridgehead atoms.